The van der Waals surface area contributed by atoms with E-state index in [9.17, 15) is 4.79 Å². The van der Waals surface area contributed by atoms with Gasteiger partial charge in [0.25, 0.3) is 0 Å². The molecule has 2 aromatic rings. The van der Waals surface area contributed by atoms with Crippen molar-refractivity contribution in [3.05, 3.63) is 56.5 Å². The van der Waals surface area contributed by atoms with E-state index in [1.165, 1.54) is 0 Å². The van der Waals surface area contributed by atoms with Crippen LogP contribution < -0.4 is 9.47 Å². The second-order valence-electron chi connectivity index (χ2n) is 5.64. The van der Waals surface area contributed by atoms with Gasteiger partial charge in [0, 0.05) is 11.4 Å². The molecule has 0 saturated carbocycles. The zero-order valence-corrected chi connectivity index (χ0v) is 16.3. The highest BCUT2D eigenvalue weighted by molar-refractivity contribution is 9.10. The molecule has 0 N–H and O–H groups in total. The van der Waals surface area contributed by atoms with Crippen LogP contribution in [0.25, 0.3) is 0 Å². The number of para-hydroxylation sites is 1. The molecule has 0 amide bonds. The molecule has 0 fully saturated rings. The minimum Gasteiger partial charge on any atom is -0.492 e. The van der Waals surface area contributed by atoms with Crippen LogP contribution >= 0.6 is 27.5 Å². The van der Waals surface area contributed by atoms with E-state index in [1.54, 1.807) is 6.07 Å². The highest BCUT2D eigenvalue weighted by Gasteiger charge is 2.12. The Labute approximate surface area is 156 Å². The van der Waals surface area contributed by atoms with Crippen LogP contribution in [0.1, 0.15) is 29.5 Å². The third-order valence-corrected chi connectivity index (χ3v) is 5.24. The summed E-state index contributed by atoms with van der Waals surface area (Å²) in [6, 6.07) is 9.36. The molecule has 0 aliphatic carbocycles. The Balaban J connectivity index is 1.83. The van der Waals surface area contributed by atoms with Crippen molar-refractivity contribution in [1.82, 2.24) is 0 Å². The normalized spacial score (nSPS) is 10.5. The summed E-state index contributed by atoms with van der Waals surface area (Å²) >= 11 is 9.70. The van der Waals surface area contributed by atoms with Crippen molar-refractivity contribution in [3.63, 3.8) is 0 Å². The third kappa shape index (κ3) is 4.74. The highest BCUT2D eigenvalue weighted by atomic mass is 79.9. The number of halogens is 2. The van der Waals surface area contributed by atoms with Crippen LogP contribution in [0.3, 0.4) is 0 Å². The third-order valence-electron chi connectivity index (χ3n) is 3.67. The van der Waals surface area contributed by atoms with Crippen molar-refractivity contribution in [3.8, 4) is 11.5 Å². The van der Waals surface area contributed by atoms with Crippen LogP contribution in [0.15, 0.2) is 34.8 Å². The lowest BCUT2D eigenvalue weighted by atomic mass is 10.1. The van der Waals surface area contributed by atoms with E-state index in [1.807, 2.05) is 45.0 Å². The predicted octanol–water partition coefficient (Wildman–Crippen LogP) is 5.79. The summed E-state index contributed by atoms with van der Waals surface area (Å²) in [5.74, 6) is 1.09. The lowest BCUT2D eigenvalue weighted by Crippen LogP contribution is -2.10. The van der Waals surface area contributed by atoms with Gasteiger partial charge in [-0.25, -0.2) is 0 Å². The number of ether oxygens (including phenoxy) is 2. The van der Waals surface area contributed by atoms with Crippen LogP contribution in [0.4, 0.5) is 0 Å². The van der Waals surface area contributed by atoms with Gasteiger partial charge in [-0.05, 0) is 71.9 Å². The summed E-state index contributed by atoms with van der Waals surface area (Å²) < 4.78 is 12.0. The fourth-order valence-electron chi connectivity index (χ4n) is 2.25. The molecule has 3 nitrogen and oxygen atoms in total. The van der Waals surface area contributed by atoms with Crippen LogP contribution in [-0.2, 0) is 4.79 Å². The monoisotopic (exact) mass is 410 g/mol. The van der Waals surface area contributed by atoms with Crippen LogP contribution in [0.2, 0.25) is 5.02 Å². The highest BCUT2D eigenvalue weighted by Crippen LogP contribution is 2.35. The second kappa shape index (κ2) is 8.54. The molecule has 0 spiro atoms. The molecule has 0 aliphatic rings. The minimum atomic E-state index is -0.254. The zero-order chi connectivity index (χ0) is 17.7. The summed E-state index contributed by atoms with van der Waals surface area (Å²) in [4.78, 5) is 11.9. The van der Waals surface area contributed by atoms with Gasteiger partial charge in [0.1, 0.15) is 11.5 Å². The van der Waals surface area contributed by atoms with Gasteiger partial charge < -0.3 is 9.47 Å². The Bertz CT molecular complexity index is 744. The van der Waals surface area contributed by atoms with E-state index in [0.29, 0.717) is 25.2 Å². The van der Waals surface area contributed by atoms with E-state index in [2.05, 4.69) is 15.9 Å². The first-order chi connectivity index (χ1) is 11.4. The van der Waals surface area contributed by atoms with Gasteiger partial charge in [-0.1, -0.05) is 29.8 Å². The van der Waals surface area contributed by atoms with E-state index >= 15 is 0 Å². The summed E-state index contributed by atoms with van der Waals surface area (Å²) in [5, 5.41) is 0.732. The van der Waals surface area contributed by atoms with Crippen LogP contribution in [-0.4, -0.2) is 12.6 Å². The Hall–Kier alpha value is -1.52. The fourth-order valence-corrected chi connectivity index (χ4v) is 2.94. The van der Waals surface area contributed by atoms with Crippen molar-refractivity contribution in [2.45, 2.75) is 33.6 Å². The first-order valence-electron chi connectivity index (χ1n) is 7.74. The minimum absolute atomic E-state index is 0.254. The molecule has 0 radical (unpaired) electrons. The average Bonchev–Trinajstić information content (AvgIpc) is 2.56. The zero-order valence-electron chi connectivity index (χ0n) is 14.0. The molecule has 2 rings (SSSR count). The van der Waals surface area contributed by atoms with Crippen molar-refractivity contribution in [2.75, 3.05) is 6.61 Å². The Morgan fingerprint density at radius 2 is 1.83 bits per heavy atom. The van der Waals surface area contributed by atoms with E-state index in [0.717, 1.165) is 31.9 Å². The van der Waals surface area contributed by atoms with E-state index < -0.39 is 0 Å². The molecule has 5 heteroatoms. The van der Waals surface area contributed by atoms with Gasteiger partial charge >= 0.3 is 5.97 Å². The topological polar surface area (TPSA) is 35.5 Å². The maximum absolute atomic E-state index is 11.9. The number of hydrogen-bond acceptors (Lipinski definition) is 3. The summed E-state index contributed by atoms with van der Waals surface area (Å²) in [5.41, 5.74) is 2.86. The lowest BCUT2D eigenvalue weighted by molar-refractivity contribution is -0.134. The molecule has 24 heavy (non-hydrogen) atoms. The van der Waals surface area contributed by atoms with Gasteiger partial charge in [0.05, 0.1) is 11.1 Å². The Morgan fingerprint density at radius 3 is 2.54 bits per heavy atom. The molecular formula is C19H20BrClO3. The van der Waals surface area contributed by atoms with Crippen LogP contribution in [0.5, 0.6) is 11.5 Å². The molecule has 2 aromatic carbocycles. The molecule has 0 aromatic heterocycles. The summed E-state index contributed by atoms with van der Waals surface area (Å²) in [7, 11) is 0. The lowest BCUT2D eigenvalue weighted by Gasteiger charge is -2.13. The average molecular weight is 412 g/mol. The molecule has 0 bridgehead atoms. The quantitative estimate of drug-likeness (QED) is 0.343. The SMILES string of the molecule is Cc1ccccc1OC(=O)CCCOc1cc(C)c(Cl)c(C)c1Br. The van der Waals surface area contributed by atoms with Gasteiger partial charge in [-0.2, -0.15) is 0 Å². The molecule has 0 unspecified atom stereocenters. The summed E-state index contributed by atoms with van der Waals surface area (Å²) in [6.45, 7) is 6.22. The van der Waals surface area contributed by atoms with Gasteiger partial charge in [-0.3, -0.25) is 4.79 Å². The second-order valence-corrected chi connectivity index (χ2v) is 6.81. The van der Waals surface area contributed by atoms with Gasteiger partial charge in [-0.15, -0.1) is 0 Å². The largest absolute Gasteiger partial charge is 0.492 e. The molecule has 0 aliphatic heterocycles. The maximum Gasteiger partial charge on any atom is 0.311 e. The van der Waals surface area contributed by atoms with Gasteiger partial charge in [0.15, 0.2) is 0 Å². The van der Waals surface area contributed by atoms with E-state index in [4.69, 9.17) is 21.1 Å². The van der Waals surface area contributed by atoms with Crippen molar-refractivity contribution in [2.24, 2.45) is 0 Å². The Morgan fingerprint density at radius 1 is 1.12 bits per heavy atom. The molecule has 0 atom stereocenters. The maximum atomic E-state index is 11.9. The van der Waals surface area contributed by atoms with Crippen LogP contribution in [0, 0.1) is 20.8 Å². The number of hydrogen-bond donors (Lipinski definition) is 0. The van der Waals surface area contributed by atoms with Crippen molar-refractivity contribution < 1.29 is 14.3 Å². The number of esters is 1. The number of benzene rings is 2. The number of aryl methyl sites for hydroxylation is 2. The first-order valence-corrected chi connectivity index (χ1v) is 8.91. The van der Waals surface area contributed by atoms with Crippen molar-refractivity contribution in [1.29, 1.82) is 0 Å². The van der Waals surface area contributed by atoms with E-state index in [-0.39, 0.29) is 5.97 Å². The number of carbonyl (C=O) groups excluding carboxylic acids is 1. The Kier molecular flexibility index (Phi) is 6.69. The number of rotatable bonds is 6. The summed E-state index contributed by atoms with van der Waals surface area (Å²) in [6.07, 6.45) is 0.884. The van der Waals surface area contributed by atoms with Gasteiger partial charge in [0.2, 0.25) is 0 Å². The molecular weight excluding hydrogens is 392 g/mol. The molecule has 128 valence electrons. The molecule has 0 saturated heterocycles. The first kappa shape index (κ1) is 18.8. The fraction of sp³-hybridized carbons (Fsp3) is 0.316. The molecule has 0 heterocycles. The standard InChI is InChI=1S/C19H20BrClO3/c1-12-7-4-5-8-15(12)24-17(22)9-6-10-23-16-11-13(2)19(21)14(3)18(16)20/h4-5,7-8,11H,6,9-10H2,1-3H3. The smallest absolute Gasteiger partial charge is 0.311 e. The number of carbonyl (C=O) groups is 1. The van der Waals surface area contributed by atoms with Crippen molar-refractivity contribution >= 4 is 33.5 Å². The predicted molar refractivity (Wildman–Crippen MR) is 100 cm³/mol.